The van der Waals surface area contributed by atoms with Crippen molar-refractivity contribution in [3.05, 3.63) is 30.1 Å². The first kappa shape index (κ1) is 7.71. The van der Waals surface area contributed by atoms with Gasteiger partial charge in [0.1, 0.15) is 0 Å². The molecule has 1 aromatic heterocycles. The second-order valence-corrected chi connectivity index (χ2v) is 2.88. The molecule has 0 unspecified atom stereocenters. The van der Waals surface area contributed by atoms with E-state index in [1.807, 2.05) is 19.1 Å². The van der Waals surface area contributed by atoms with Crippen LogP contribution in [-0.2, 0) is 15.3 Å². The SMILES string of the molecule is CC1(c2cccnc2)OCCO1. The van der Waals surface area contributed by atoms with Crippen molar-refractivity contribution in [2.24, 2.45) is 0 Å². The molecule has 1 aromatic rings. The predicted octanol–water partition coefficient (Wildman–Crippen LogP) is 1.30. The molecule has 1 fully saturated rings. The number of aromatic nitrogens is 1. The van der Waals surface area contributed by atoms with Crippen LogP contribution in [0.25, 0.3) is 0 Å². The van der Waals surface area contributed by atoms with Crippen molar-refractivity contribution in [2.75, 3.05) is 13.2 Å². The van der Waals surface area contributed by atoms with E-state index in [9.17, 15) is 0 Å². The summed E-state index contributed by atoms with van der Waals surface area (Å²) in [6.45, 7) is 3.23. The highest BCUT2D eigenvalue weighted by molar-refractivity contribution is 5.15. The number of nitrogens with zero attached hydrogens (tertiary/aromatic N) is 1. The van der Waals surface area contributed by atoms with Gasteiger partial charge in [-0.2, -0.15) is 0 Å². The van der Waals surface area contributed by atoms with E-state index in [4.69, 9.17) is 9.47 Å². The molecule has 0 atom stereocenters. The fourth-order valence-electron chi connectivity index (χ4n) is 1.31. The van der Waals surface area contributed by atoms with Gasteiger partial charge in [0.2, 0.25) is 0 Å². The van der Waals surface area contributed by atoms with Crippen LogP contribution >= 0.6 is 0 Å². The molecule has 0 N–H and O–H groups in total. The van der Waals surface area contributed by atoms with Crippen molar-refractivity contribution in [1.29, 1.82) is 0 Å². The maximum Gasteiger partial charge on any atom is 0.193 e. The lowest BCUT2D eigenvalue weighted by Gasteiger charge is -2.21. The van der Waals surface area contributed by atoms with Gasteiger partial charge in [0, 0.05) is 18.0 Å². The topological polar surface area (TPSA) is 31.4 Å². The van der Waals surface area contributed by atoms with E-state index < -0.39 is 5.79 Å². The highest BCUT2D eigenvalue weighted by Crippen LogP contribution is 2.29. The normalized spacial score (nSPS) is 21.1. The first-order valence-electron chi connectivity index (χ1n) is 4.00. The average Bonchev–Trinajstić information content (AvgIpc) is 2.55. The van der Waals surface area contributed by atoms with E-state index >= 15 is 0 Å². The molecule has 0 spiro atoms. The Labute approximate surface area is 71.3 Å². The molecule has 0 saturated carbocycles. The molecular weight excluding hydrogens is 154 g/mol. The maximum atomic E-state index is 5.46. The summed E-state index contributed by atoms with van der Waals surface area (Å²) in [5.41, 5.74) is 0.975. The fourth-order valence-corrected chi connectivity index (χ4v) is 1.31. The fraction of sp³-hybridized carbons (Fsp3) is 0.444. The molecule has 0 amide bonds. The molecule has 3 nitrogen and oxygen atoms in total. The minimum absolute atomic E-state index is 0.575. The van der Waals surface area contributed by atoms with Crippen LogP contribution in [0.1, 0.15) is 12.5 Å². The van der Waals surface area contributed by atoms with Gasteiger partial charge in [-0.15, -0.1) is 0 Å². The van der Waals surface area contributed by atoms with Crippen molar-refractivity contribution in [1.82, 2.24) is 4.98 Å². The van der Waals surface area contributed by atoms with Crippen molar-refractivity contribution in [3.63, 3.8) is 0 Å². The Bertz CT molecular complexity index is 254. The monoisotopic (exact) mass is 165 g/mol. The van der Waals surface area contributed by atoms with Gasteiger partial charge in [-0.25, -0.2) is 0 Å². The van der Waals surface area contributed by atoms with E-state index in [1.165, 1.54) is 0 Å². The molecule has 1 aliphatic heterocycles. The highest BCUT2D eigenvalue weighted by atomic mass is 16.7. The predicted molar refractivity (Wildman–Crippen MR) is 43.5 cm³/mol. The standard InChI is InChI=1S/C9H11NO2/c1-9(11-5-6-12-9)8-3-2-4-10-7-8/h2-4,7H,5-6H2,1H3. The summed E-state index contributed by atoms with van der Waals surface area (Å²) < 4.78 is 10.9. The highest BCUT2D eigenvalue weighted by Gasteiger charge is 2.32. The zero-order valence-electron chi connectivity index (χ0n) is 6.99. The van der Waals surface area contributed by atoms with Gasteiger partial charge in [-0.1, -0.05) is 6.07 Å². The van der Waals surface area contributed by atoms with Crippen molar-refractivity contribution in [3.8, 4) is 0 Å². The largest absolute Gasteiger partial charge is 0.344 e. The lowest BCUT2D eigenvalue weighted by molar-refractivity contribution is -0.149. The second kappa shape index (κ2) is 2.84. The third-order valence-corrected chi connectivity index (χ3v) is 2.02. The number of hydrogen-bond donors (Lipinski definition) is 0. The molecular formula is C9H11NO2. The summed E-state index contributed by atoms with van der Waals surface area (Å²) in [6, 6.07) is 3.84. The van der Waals surface area contributed by atoms with Crippen molar-refractivity contribution in [2.45, 2.75) is 12.7 Å². The smallest absolute Gasteiger partial charge is 0.193 e. The molecule has 0 aromatic carbocycles. The molecule has 3 heteroatoms. The van der Waals surface area contributed by atoms with Gasteiger partial charge >= 0.3 is 0 Å². The molecule has 0 aliphatic carbocycles. The maximum absolute atomic E-state index is 5.46. The van der Waals surface area contributed by atoms with Crippen LogP contribution in [-0.4, -0.2) is 18.2 Å². The summed E-state index contributed by atoms with van der Waals surface area (Å²) >= 11 is 0. The van der Waals surface area contributed by atoms with Crippen LogP contribution in [0.2, 0.25) is 0 Å². The molecule has 0 radical (unpaired) electrons. The quantitative estimate of drug-likeness (QED) is 0.628. The lowest BCUT2D eigenvalue weighted by Crippen LogP contribution is -2.22. The average molecular weight is 165 g/mol. The Morgan fingerprint density at radius 3 is 2.75 bits per heavy atom. The number of rotatable bonds is 1. The van der Waals surface area contributed by atoms with Crippen LogP contribution in [0.3, 0.4) is 0 Å². The lowest BCUT2D eigenvalue weighted by atomic mass is 10.1. The van der Waals surface area contributed by atoms with Crippen LogP contribution in [0.4, 0.5) is 0 Å². The summed E-state index contributed by atoms with van der Waals surface area (Å²) in [7, 11) is 0. The molecule has 1 saturated heterocycles. The minimum atomic E-state index is -0.575. The van der Waals surface area contributed by atoms with Crippen LogP contribution < -0.4 is 0 Å². The molecule has 2 heterocycles. The van der Waals surface area contributed by atoms with Crippen LogP contribution in [0.5, 0.6) is 0 Å². The van der Waals surface area contributed by atoms with Crippen molar-refractivity contribution >= 4 is 0 Å². The Kier molecular flexibility index (Phi) is 1.83. The molecule has 64 valence electrons. The molecule has 2 rings (SSSR count). The first-order chi connectivity index (χ1) is 5.81. The van der Waals surface area contributed by atoms with Gasteiger partial charge in [-0.05, 0) is 13.0 Å². The Balaban J connectivity index is 2.29. The summed E-state index contributed by atoms with van der Waals surface area (Å²) in [5, 5.41) is 0. The Hall–Kier alpha value is -0.930. The first-order valence-corrected chi connectivity index (χ1v) is 4.00. The number of hydrogen-bond acceptors (Lipinski definition) is 3. The molecule has 12 heavy (non-hydrogen) atoms. The summed E-state index contributed by atoms with van der Waals surface area (Å²) in [5.74, 6) is -0.575. The Morgan fingerprint density at radius 1 is 1.42 bits per heavy atom. The number of pyridine rings is 1. The summed E-state index contributed by atoms with van der Waals surface area (Å²) in [6.07, 6.45) is 3.51. The van der Waals surface area contributed by atoms with Gasteiger partial charge in [0.25, 0.3) is 0 Å². The van der Waals surface area contributed by atoms with E-state index in [-0.39, 0.29) is 0 Å². The van der Waals surface area contributed by atoms with Gasteiger partial charge in [0.15, 0.2) is 5.79 Å². The van der Waals surface area contributed by atoms with Crippen molar-refractivity contribution < 1.29 is 9.47 Å². The second-order valence-electron chi connectivity index (χ2n) is 2.88. The van der Waals surface area contributed by atoms with E-state index in [2.05, 4.69) is 4.98 Å². The van der Waals surface area contributed by atoms with E-state index in [0.717, 1.165) is 5.56 Å². The third-order valence-electron chi connectivity index (χ3n) is 2.02. The Morgan fingerprint density at radius 2 is 2.17 bits per heavy atom. The van der Waals surface area contributed by atoms with Crippen LogP contribution in [0.15, 0.2) is 24.5 Å². The van der Waals surface area contributed by atoms with E-state index in [1.54, 1.807) is 12.4 Å². The molecule has 0 bridgehead atoms. The van der Waals surface area contributed by atoms with Gasteiger partial charge in [-0.3, -0.25) is 4.98 Å². The van der Waals surface area contributed by atoms with Gasteiger partial charge in [0.05, 0.1) is 13.2 Å². The zero-order chi connectivity index (χ0) is 8.44. The van der Waals surface area contributed by atoms with Gasteiger partial charge < -0.3 is 9.47 Å². The van der Waals surface area contributed by atoms with E-state index in [0.29, 0.717) is 13.2 Å². The van der Waals surface area contributed by atoms with Crippen LogP contribution in [0, 0.1) is 0 Å². The molecule has 1 aliphatic rings. The zero-order valence-corrected chi connectivity index (χ0v) is 6.99. The summed E-state index contributed by atoms with van der Waals surface area (Å²) in [4.78, 5) is 4.01. The number of ether oxygens (including phenoxy) is 2. The minimum Gasteiger partial charge on any atom is -0.344 e. The third kappa shape index (κ3) is 1.21.